The molecule has 110 valence electrons. The molecule has 1 fully saturated rings. The number of phenolic OH excluding ortho intramolecular Hbond substituents is 1. The Bertz CT molecular complexity index is 445. The highest BCUT2D eigenvalue weighted by Gasteiger charge is 2.22. The quantitative estimate of drug-likeness (QED) is 0.924. The summed E-state index contributed by atoms with van der Waals surface area (Å²) in [7, 11) is 0. The molecule has 1 aliphatic rings. The summed E-state index contributed by atoms with van der Waals surface area (Å²) in [4.78, 5) is 14.3. The standard InChI is InChI=1S/C16H23NO3/c1-12-9-14(18)11-15(10-12)20-13(2)16(19)17-7-5-3-4-6-8-17/h9-11,13,18H,3-8H2,1-2H3. The van der Waals surface area contributed by atoms with Gasteiger partial charge in [-0.25, -0.2) is 0 Å². The maximum atomic E-state index is 12.4. The molecule has 4 nitrogen and oxygen atoms in total. The Morgan fingerprint density at radius 2 is 1.85 bits per heavy atom. The van der Waals surface area contributed by atoms with Crippen LogP contribution in [0.3, 0.4) is 0 Å². The molecule has 0 radical (unpaired) electrons. The van der Waals surface area contributed by atoms with Gasteiger partial charge < -0.3 is 14.7 Å². The van der Waals surface area contributed by atoms with E-state index in [-0.39, 0.29) is 11.7 Å². The van der Waals surface area contributed by atoms with Crippen molar-refractivity contribution in [1.29, 1.82) is 0 Å². The lowest BCUT2D eigenvalue weighted by Crippen LogP contribution is -2.41. The second-order valence-corrected chi connectivity index (χ2v) is 5.50. The molecule has 0 aliphatic carbocycles. The predicted octanol–water partition coefficient (Wildman–Crippen LogP) is 2.87. The molecule has 1 amide bonds. The minimum absolute atomic E-state index is 0.0351. The van der Waals surface area contributed by atoms with E-state index in [1.807, 2.05) is 17.9 Å². The third kappa shape index (κ3) is 3.89. The predicted molar refractivity (Wildman–Crippen MR) is 78.0 cm³/mol. The van der Waals surface area contributed by atoms with Crippen LogP contribution in [-0.2, 0) is 4.79 Å². The highest BCUT2D eigenvalue weighted by atomic mass is 16.5. The fraction of sp³-hybridized carbons (Fsp3) is 0.562. The monoisotopic (exact) mass is 277 g/mol. The number of ether oxygens (including phenoxy) is 1. The largest absolute Gasteiger partial charge is 0.508 e. The van der Waals surface area contributed by atoms with Crippen molar-refractivity contribution in [2.45, 2.75) is 45.6 Å². The van der Waals surface area contributed by atoms with Gasteiger partial charge in [0.15, 0.2) is 6.10 Å². The van der Waals surface area contributed by atoms with Gasteiger partial charge in [0.25, 0.3) is 5.91 Å². The van der Waals surface area contributed by atoms with Crippen LogP contribution in [0.2, 0.25) is 0 Å². The first-order chi connectivity index (χ1) is 9.56. The number of hydrogen-bond acceptors (Lipinski definition) is 3. The molecule has 1 saturated heterocycles. The van der Waals surface area contributed by atoms with Crippen LogP contribution in [0.25, 0.3) is 0 Å². The van der Waals surface area contributed by atoms with Gasteiger partial charge in [0.2, 0.25) is 0 Å². The lowest BCUT2D eigenvalue weighted by Gasteiger charge is -2.24. The number of amides is 1. The Kier molecular flexibility index (Phi) is 4.88. The fourth-order valence-electron chi connectivity index (χ4n) is 2.60. The Labute approximate surface area is 120 Å². The van der Waals surface area contributed by atoms with E-state index in [1.165, 1.54) is 12.8 Å². The number of phenols is 1. The molecular formula is C16H23NO3. The first kappa shape index (κ1) is 14.7. The number of aromatic hydroxyl groups is 1. The lowest BCUT2D eigenvalue weighted by molar-refractivity contribution is -0.137. The maximum Gasteiger partial charge on any atom is 0.263 e. The van der Waals surface area contributed by atoms with Gasteiger partial charge in [-0.3, -0.25) is 4.79 Å². The number of rotatable bonds is 3. The molecule has 1 N–H and O–H groups in total. The van der Waals surface area contributed by atoms with Gasteiger partial charge in [0.1, 0.15) is 11.5 Å². The number of hydrogen-bond donors (Lipinski definition) is 1. The summed E-state index contributed by atoms with van der Waals surface area (Å²) in [5.41, 5.74) is 0.912. The zero-order valence-electron chi connectivity index (χ0n) is 12.3. The summed E-state index contributed by atoms with van der Waals surface area (Å²) in [5, 5.41) is 9.56. The van der Waals surface area contributed by atoms with Crippen molar-refractivity contribution in [2.75, 3.05) is 13.1 Å². The van der Waals surface area contributed by atoms with Crippen LogP contribution in [-0.4, -0.2) is 35.1 Å². The smallest absolute Gasteiger partial charge is 0.263 e. The fourth-order valence-corrected chi connectivity index (χ4v) is 2.60. The topological polar surface area (TPSA) is 49.8 Å². The van der Waals surface area contributed by atoms with Crippen LogP contribution in [0.5, 0.6) is 11.5 Å². The number of likely N-dealkylation sites (tertiary alicyclic amines) is 1. The van der Waals surface area contributed by atoms with Crippen molar-refractivity contribution in [2.24, 2.45) is 0 Å². The van der Waals surface area contributed by atoms with Crippen molar-refractivity contribution in [3.63, 3.8) is 0 Å². The van der Waals surface area contributed by atoms with E-state index >= 15 is 0 Å². The zero-order chi connectivity index (χ0) is 14.5. The third-order valence-corrected chi connectivity index (χ3v) is 3.61. The molecule has 1 aromatic rings. The number of nitrogens with zero attached hydrogens (tertiary/aromatic N) is 1. The molecule has 0 aromatic heterocycles. The van der Waals surface area contributed by atoms with Crippen LogP contribution in [0.15, 0.2) is 18.2 Å². The molecule has 0 spiro atoms. The second kappa shape index (κ2) is 6.64. The highest BCUT2D eigenvalue weighted by Crippen LogP contribution is 2.22. The molecular weight excluding hydrogens is 254 g/mol. The van der Waals surface area contributed by atoms with E-state index in [0.29, 0.717) is 5.75 Å². The van der Waals surface area contributed by atoms with Crippen molar-refractivity contribution < 1.29 is 14.6 Å². The molecule has 1 heterocycles. The molecule has 0 saturated carbocycles. The lowest BCUT2D eigenvalue weighted by atomic mass is 10.2. The van der Waals surface area contributed by atoms with Gasteiger partial charge >= 0.3 is 0 Å². The van der Waals surface area contributed by atoms with Crippen molar-refractivity contribution in [3.05, 3.63) is 23.8 Å². The van der Waals surface area contributed by atoms with E-state index in [4.69, 9.17) is 4.74 Å². The van der Waals surface area contributed by atoms with Gasteiger partial charge in [-0.05, 0) is 44.4 Å². The zero-order valence-corrected chi connectivity index (χ0v) is 12.3. The molecule has 1 aliphatic heterocycles. The number of carbonyl (C=O) groups is 1. The second-order valence-electron chi connectivity index (χ2n) is 5.50. The number of benzene rings is 1. The minimum Gasteiger partial charge on any atom is -0.508 e. The first-order valence-corrected chi connectivity index (χ1v) is 7.32. The van der Waals surface area contributed by atoms with Crippen molar-refractivity contribution in [1.82, 2.24) is 4.90 Å². The molecule has 0 bridgehead atoms. The average molecular weight is 277 g/mol. The van der Waals surface area contributed by atoms with Crippen LogP contribution in [0.4, 0.5) is 0 Å². The van der Waals surface area contributed by atoms with E-state index < -0.39 is 6.10 Å². The summed E-state index contributed by atoms with van der Waals surface area (Å²) < 4.78 is 5.68. The average Bonchev–Trinajstić information content (AvgIpc) is 2.65. The van der Waals surface area contributed by atoms with Gasteiger partial charge in [-0.15, -0.1) is 0 Å². The molecule has 4 heteroatoms. The summed E-state index contributed by atoms with van der Waals surface area (Å²) in [5.74, 6) is 0.737. The molecule has 1 aromatic carbocycles. The number of carbonyl (C=O) groups excluding carboxylic acids is 1. The van der Waals surface area contributed by atoms with E-state index in [2.05, 4.69) is 0 Å². The molecule has 2 rings (SSSR count). The Morgan fingerprint density at radius 3 is 2.45 bits per heavy atom. The summed E-state index contributed by atoms with van der Waals surface area (Å²) >= 11 is 0. The van der Waals surface area contributed by atoms with Crippen LogP contribution < -0.4 is 4.74 Å². The highest BCUT2D eigenvalue weighted by molar-refractivity contribution is 5.81. The van der Waals surface area contributed by atoms with Gasteiger partial charge in [-0.1, -0.05) is 12.8 Å². The van der Waals surface area contributed by atoms with Crippen LogP contribution in [0.1, 0.15) is 38.2 Å². The normalized spacial score (nSPS) is 17.4. The molecule has 1 atom stereocenters. The van der Waals surface area contributed by atoms with E-state index in [9.17, 15) is 9.90 Å². The minimum atomic E-state index is -0.519. The Morgan fingerprint density at radius 1 is 1.20 bits per heavy atom. The third-order valence-electron chi connectivity index (χ3n) is 3.61. The molecule has 1 unspecified atom stereocenters. The van der Waals surface area contributed by atoms with E-state index in [0.717, 1.165) is 31.5 Å². The molecule has 20 heavy (non-hydrogen) atoms. The Balaban J connectivity index is 1.99. The van der Waals surface area contributed by atoms with Gasteiger partial charge in [0.05, 0.1) is 0 Å². The SMILES string of the molecule is Cc1cc(O)cc(OC(C)C(=O)N2CCCCCC2)c1. The van der Waals surface area contributed by atoms with Crippen molar-refractivity contribution >= 4 is 5.91 Å². The van der Waals surface area contributed by atoms with Crippen molar-refractivity contribution in [3.8, 4) is 11.5 Å². The van der Waals surface area contributed by atoms with Crippen LogP contribution >= 0.6 is 0 Å². The number of aryl methyl sites for hydroxylation is 1. The summed E-state index contributed by atoms with van der Waals surface area (Å²) in [6, 6.07) is 5.03. The van der Waals surface area contributed by atoms with Gasteiger partial charge in [0, 0.05) is 19.2 Å². The summed E-state index contributed by atoms with van der Waals surface area (Å²) in [6.07, 6.45) is 4.03. The Hall–Kier alpha value is -1.71. The van der Waals surface area contributed by atoms with Crippen LogP contribution in [0, 0.1) is 6.92 Å². The first-order valence-electron chi connectivity index (χ1n) is 7.32. The maximum absolute atomic E-state index is 12.4. The van der Waals surface area contributed by atoms with Gasteiger partial charge in [-0.2, -0.15) is 0 Å². The van der Waals surface area contributed by atoms with E-state index in [1.54, 1.807) is 19.1 Å². The summed E-state index contributed by atoms with van der Waals surface area (Å²) in [6.45, 7) is 5.30.